The predicted molar refractivity (Wildman–Crippen MR) is 106 cm³/mol. The van der Waals surface area contributed by atoms with E-state index < -0.39 is 6.04 Å². The highest BCUT2D eigenvalue weighted by molar-refractivity contribution is 5.94. The van der Waals surface area contributed by atoms with E-state index in [1.807, 2.05) is 44.2 Å². The third kappa shape index (κ3) is 6.58. The van der Waals surface area contributed by atoms with Crippen molar-refractivity contribution >= 4 is 29.1 Å². The summed E-state index contributed by atoms with van der Waals surface area (Å²) in [5.74, 6) is -0.570. The SMILES string of the molecule is CC(=O)NC(CC(=O)Nc1ccc(NC(=O)C(C)C)cc1)c1ccccc1. The quantitative estimate of drug-likeness (QED) is 0.700. The molecule has 1 atom stereocenters. The first-order valence-corrected chi connectivity index (χ1v) is 8.88. The fourth-order valence-electron chi connectivity index (χ4n) is 2.50. The van der Waals surface area contributed by atoms with Gasteiger partial charge in [-0.05, 0) is 29.8 Å². The molecule has 0 fully saturated rings. The van der Waals surface area contributed by atoms with E-state index in [1.165, 1.54) is 6.92 Å². The van der Waals surface area contributed by atoms with E-state index in [0.29, 0.717) is 11.4 Å². The van der Waals surface area contributed by atoms with E-state index in [-0.39, 0.29) is 30.1 Å². The van der Waals surface area contributed by atoms with Gasteiger partial charge < -0.3 is 16.0 Å². The van der Waals surface area contributed by atoms with Gasteiger partial charge in [-0.1, -0.05) is 44.2 Å². The average molecular weight is 367 g/mol. The molecule has 2 rings (SSSR count). The number of anilines is 2. The molecule has 0 heterocycles. The molecule has 2 aromatic carbocycles. The van der Waals surface area contributed by atoms with E-state index in [4.69, 9.17) is 0 Å². The molecule has 3 N–H and O–H groups in total. The molecule has 0 spiro atoms. The van der Waals surface area contributed by atoms with Crippen LogP contribution >= 0.6 is 0 Å². The van der Waals surface area contributed by atoms with Crippen LogP contribution in [0.5, 0.6) is 0 Å². The summed E-state index contributed by atoms with van der Waals surface area (Å²) in [6.07, 6.45) is 0.120. The molecule has 0 aliphatic carbocycles. The Hall–Kier alpha value is -3.15. The number of nitrogens with one attached hydrogen (secondary N) is 3. The minimum atomic E-state index is -0.395. The van der Waals surface area contributed by atoms with Crippen LogP contribution in [-0.4, -0.2) is 17.7 Å². The van der Waals surface area contributed by atoms with E-state index >= 15 is 0 Å². The minimum Gasteiger partial charge on any atom is -0.349 e. The standard InChI is InChI=1S/C21H25N3O3/c1-14(2)21(27)24-18-11-9-17(10-12-18)23-20(26)13-19(22-15(3)25)16-7-5-4-6-8-16/h4-12,14,19H,13H2,1-3H3,(H,22,25)(H,23,26)(H,24,27). The Morgan fingerprint density at radius 1 is 0.852 bits per heavy atom. The van der Waals surface area contributed by atoms with Crippen LogP contribution in [0.4, 0.5) is 11.4 Å². The molecule has 3 amide bonds. The molecule has 0 aliphatic rings. The van der Waals surface area contributed by atoms with Crippen molar-refractivity contribution in [2.24, 2.45) is 5.92 Å². The third-order valence-corrected chi connectivity index (χ3v) is 3.93. The number of benzene rings is 2. The van der Waals surface area contributed by atoms with Gasteiger partial charge in [0.2, 0.25) is 17.7 Å². The first-order valence-electron chi connectivity index (χ1n) is 8.88. The van der Waals surface area contributed by atoms with Crippen molar-refractivity contribution in [3.05, 3.63) is 60.2 Å². The Morgan fingerprint density at radius 3 is 1.93 bits per heavy atom. The predicted octanol–water partition coefficient (Wildman–Crippen LogP) is 3.49. The van der Waals surface area contributed by atoms with Crippen LogP contribution in [0.2, 0.25) is 0 Å². The van der Waals surface area contributed by atoms with Crippen LogP contribution in [0, 0.1) is 5.92 Å². The summed E-state index contributed by atoms with van der Waals surface area (Å²) in [7, 11) is 0. The number of carbonyl (C=O) groups is 3. The second kappa shape index (κ2) is 9.52. The first-order chi connectivity index (χ1) is 12.8. The van der Waals surface area contributed by atoms with Crippen molar-refractivity contribution in [1.82, 2.24) is 5.32 Å². The summed E-state index contributed by atoms with van der Waals surface area (Å²) in [5, 5.41) is 8.42. The summed E-state index contributed by atoms with van der Waals surface area (Å²) in [5.41, 5.74) is 2.17. The van der Waals surface area contributed by atoms with E-state index in [9.17, 15) is 14.4 Å². The smallest absolute Gasteiger partial charge is 0.226 e. The van der Waals surface area contributed by atoms with E-state index in [0.717, 1.165) is 5.56 Å². The number of hydrogen-bond acceptors (Lipinski definition) is 3. The van der Waals surface area contributed by atoms with Gasteiger partial charge in [0.15, 0.2) is 0 Å². The number of rotatable bonds is 7. The van der Waals surface area contributed by atoms with Crippen LogP contribution < -0.4 is 16.0 Å². The van der Waals surface area contributed by atoms with Gasteiger partial charge in [0, 0.05) is 24.2 Å². The Labute approximate surface area is 159 Å². The highest BCUT2D eigenvalue weighted by atomic mass is 16.2. The molecule has 0 aliphatic heterocycles. The fourth-order valence-corrected chi connectivity index (χ4v) is 2.50. The van der Waals surface area contributed by atoms with Crippen molar-refractivity contribution in [1.29, 1.82) is 0 Å². The molecule has 27 heavy (non-hydrogen) atoms. The third-order valence-electron chi connectivity index (χ3n) is 3.93. The molecule has 0 saturated carbocycles. The first kappa shape index (κ1) is 20.2. The molecule has 0 radical (unpaired) electrons. The van der Waals surface area contributed by atoms with Gasteiger partial charge in [0.05, 0.1) is 12.5 Å². The second-order valence-electron chi connectivity index (χ2n) is 6.64. The van der Waals surface area contributed by atoms with E-state index in [2.05, 4.69) is 16.0 Å². The van der Waals surface area contributed by atoms with Crippen molar-refractivity contribution in [3.8, 4) is 0 Å². The lowest BCUT2D eigenvalue weighted by atomic mass is 10.0. The van der Waals surface area contributed by atoms with Gasteiger partial charge in [0.25, 0.3) is 0 Å². The fraction of sp³-hybridized carbons (Fsp3) is 0.286. The Kier molecular flexibility index (Phi) is 7.11. The van der Waals surface area contributed by atoms with Crippen LogP contribution in [0.3, 0.4) is 0 Å². The topological polar surface area (TPSA) is 87.3 Å². The van der Waals surface area contributed by atoms with Gasteiger partial charge >= 0.3 is 0 Å². The van der Waals surface area contributed by atoms with Crippen LogP contribution in [-0.2, 0) is 14.4 Å². The lowest BCUT2D eigenvalue weighted by Gasteiger charge is -2.18. The maximum atomic E-state index is 12.4. The molecule has 6 heteroatoms. The summed E-state index contributed by atoms with van der Waals surface area (Å²) in [6, 6.07) is 15.9. The van der Waals surface area contributed by atoms with Crippen LogP contribution in [0.1, 0.15) is 38.8 Å². The number of amides is 3. The number of carbonyl (C=O) groups excluding carboxylic acids is 3. The van der Waals surface area contributed by atoms with Gasteiger partial charge in [-0.25, -0.2) is 0 Å². The van der Waals surface area contributed by atoms with Crippen molar-refractivity contribution in [2.45, 2.75) is 33.2 Å². The zero-order chi connectivity index (χ0) is 19.8. The van der Waals surface area contributed by atoms with Gasteiger partial charge in [0.1, 0.15) is 0 Å². The monoisotopic (exact) mass is 367 g/mol. The zero-order valence-corrected chi connectivity index (χ0v) is 15.8. The lowest BCUT2D eigenvalue weighted by Crippen LogP contribution is -2.29. The number of hydrogen-bond donors (Lipinski definition) is 3. The highest BCUT2D eigenvalue weighted by Crippen LogP contribution is 2.19. The van der Waals surface area contributed by atoms with Gasteiger partial charge in [-0.15, -0.1) is 0 Å². The minimum absolute atomic E-state index is 0.0622. The molecule has 6 nitrogen and oxygen atoms in total. The Bertz CT molecular complexity index is 786. The molecule has 0 aromatic heterocycles. The molecule has 0 bridgehead atoms. The summed E-state index contributed by atoms with van der Waals surface area (Å²) >= 11 is 0. The lowest BCUT2D eigenvalue weighted by molar-refractivity contribution is -0.121. The summed E-state index contributed by atoms with van der Waals surface area (Å²) in [4.78, 5) is 35.6. The van der Waals surface area contributed by atoms with Crippen molar-refractivity contribution in [3.63, 3.8) is 0 Å². The Morgan fingerprint density at radius 2 is 1.41 bits per heavy atom. The van der Waals surface area contributed by atoms with Crippen molar-refractivity contribution in [2.75, 3.05) is 10.6 Å². The van der Waals surface area contributed by atoms with Gasteiger partial charge in [-0.3, -0.25) is 14.4 Å². The maximum Gasteiger partial charge on any atom is 0.226 e. The Balaban J connectivity index is 1.98. The highest BCUT2D eigenvalue weighted by Gasteiger charge is 2.17. The molecule has 142 valence electrons. The second-order valence-corrected chi connectivity index (χ2v) is 6.64. The average Bonchev–Trinajstić information content (AvgIpc) is 2.63. The molecule has 2 aromatic rings. The molecular weight excluding hydrogens is 342 g/mol. The van der Waals surface area contributed by atoms with Crippen molar-refractivity contribution < 1.29 is 14.4 Å². The van der Waals surface area contributed by atoms with Gasteiger partial charge in [-0.2, -0.15) is 0 Å². The molecule has 0 saturated heterocycles. The zero-order valence-electron chi connectivity index (χ0n) is 15.8. The van der Waals surface area contributed by atoms with E-state index in [1.54, 1.807) is 24.3 Å². The summed E-state index contributed by atoms with van der Waals surface area (Å²) in [6.45, 7) is 5.07. The van der Waals surface area contributed by atoms with Crippen LogP contribution in [0.15, 0.2) is 54.6 Å². The molecular formula is C21H25N3O3. The molecule has 1 unspecified atom stereocenters. The summed E-state index contributed by atoms with van der Waals surface area (Å²) < 4.78 is 0. The maximum absolute atomic E-state index is 12.4. The normalized spacial score (nSPS) is 11.6. The largest absolute Gasteiger partial charge is 0.349 e. The van der Waals surface area contributed by atoms with Crippen LogP contribution in [0.25, 0.3) is 0 Å².